The average molecular weight is 363 g/mol. The maximum Gasteiger partial charge on any atom is 0.405 e. The Kier molecular flexibility index (Phi) is 6.24. The van der Waals surface area contributed by atoms with Crippen molar-refractivity contribution in [1.82, 2.24) is 5.32 Å². The van der Waals surface area contributed by atoms with E-state index < -0.39 is 23.9 Å². The molecule has 1 atom stereocenters. The molecule has 6 nitrogen and oxygen atoms in total. The van der Waals surface area contributed by atoms with E-state index in [1.165, 1.54) is 25.1 Å². The lowest BCUT2D eigenvalue weighted by atomic mass is 10.2. The molecule has 0 saturated heterocycles. The van der Waals surface area contributed by atoms with E-state index in [0.29, 0.717) is 5.69 Å². The fraction of sp³-hybridized carbons (Fsp3) is 0.176. The molecule has 2 rings (SSSR count). The van der Waals surface area contributed by atoms with E-state index in [1.807, 2.05) is 35.8 Å². The van der Waals surface area contributed by atoms with Crippen molar-refractivity contribution in [2.45, 2.75) is 17.9 Å². The van der Waals surface area contributed by atoms with E-state index in [1.54, 1.807) is 11.8 Å². The van der Waals surface area contributed by atoms with Crippen molar-refractivity contribution in [2.24, 2.45) is 0 Å². The van der Waals surface area contributed by atoms with E-state index in [-0.39, 0.29) is 5.69 Å². The Balaban J connectivity index is 2.21. The first-order valence-electron chi connectivity index (χ1n) is 7.40. The molecule has 0 fully saturated rings. The fourth-order valence-electron chi connectivity index (χ4n) is 2.08. The van der Waals surface area contributed by atoms with Gasteiger partial charge in [0.15, 0.2) is 0 Å². The summed E-state index contributed by atoms with van der Waals surface area (Å²) in [6.45, 7) is 1.40. The Labute approximate surface area is 148 Å². The molecule has 0 aliphatic heterocycles. The zero-order chi connectivity index (χ0) is 18.4. The maximum atomic E-state index is 13.6. The van der Waals surface area contributed by atoms with Gasteiger partial charge in [-0.25, -0.2) is 9.18 Å². The van der Waals surface area contributed by atoms with Gasteiger partial charge < -0.3 is 21.1 Å². The Morgan fingerprint density at radius 1 is 1.16 bits per heavy atom. The van der Waals surface area contributed by atoms with Gasteiger partial charge >= 0.3 is 6.09 Å². The molecule has 4 N–H and O–H groups in total. The number of carboxylic acid groups (broad SMARTS) is 1. The Hall–Kier alpha value is -2.74. The highest BCUT2D eigenvalue weighted by atomic mass is 32.2. The van der Waals surface area contributed by atoms with Gasteiger partial charge in [-0.2, -0.15) is 0 Å². The SMILES string of the molecule is CSc1cccc(Nc2ccc(F)cc2NC(=O)C(C)NC(=O)O)c1. The molecule has 8 heteroatoms. The summed E-state index contributed by atoms with van der Waals surface area (Å²) in [6, 6.07) is 10.6. The van der Waals surface area contributed by atoms with Crippen molar-refractivity contribution in [3.05, 3.63) is 48.3 Å². The van der Waals surface area contributed by atoms with Gasteiger partial charge in [0.1, 0.15) is 11.9 Å². The normalized spacial score (nSPS) is 11.5. The zero-order valence-electron chi connectivity index (χ0n) is 13.7. The van der Waals surface area contributed by atoms with Crippen LogP contribution in [0.15, 0.2) is 47.4 Å². The highest BCUT2D eigenvalue weighted by molar-refractivity contribution is 7.98. The van der Waals surface area contributed by atoms with E-state index in [4.69, 9.17) is 5.11 Å². The third kappa shape index (κ3) is 5.39. The van der Waals surface area contributed by atoms with Crippen molar-refractivity contribution >= 4 is 40.8 Å². The number of thioether (sulfide) groups is 1. The smallest absolute Gasteiger partial charge is 0.405 e. The van der Waals surface area contributed by atoms with Crippen molar-refractivity contribution < 1.29 is 19.1 Å². The zero-order valence-corrected chi connectivity index (χ0v) is 14.5. The van der Waals surface area contributed by atoms with E-state index in [9.17, 15) is 14.0 Å². The second kappa shape index (κ2) is 8.39. The second-order valence-electron chi connectivity index (χ2n) is 5.21. The maximum absolute atomic E-state index is 13.6. The first kappa shape index (κ1) is 18.6. The fourth-order valence-corrected chi connectivity index (χ4v) is 2.54. The number of carbonyl (C=O) groups excluding carboxylic acids is 1. The molecule has 25 heavy (non-hydrogen) atoms. The molecular formula is C17H18FN3O3S. The second-order valence-corrected chi connectivity index (χ2v) is 6.09. The van der Waals surface area contributed by atoms with Crippen LogP contribution in [0.1, 0.15) is 6.92 Å². The average Bonchev–Trinajstić information content (AvgIpc) is 2.57. The first-order chi connectivity index (χ1) is 11.9. The number of rotatable bonds is 6. The van der Waals surface area contributed by atoms with E-state index >= 15 is 0 Å². The van der Waals surface area contributed by atoms with Crippen LogP contribution in [0.4, 0.5) is 26.2 Å². The minimum atomic E-state index is -1.31. The van der Waals surface area contributed by atoms with Gasteiger partial charge in [0.2, 0.25) is 5.91 Å². The summed E-state index contributed by atoms with van der Waals surface area (Å²) in [7, 11) is 0. The minimum Gasteiger partial charge on any atom is -0.465 e. The van der Waals surface area contributed by atoms with Crippen LogP contribution in [-0.2, 0) is 4.79 Å². The third-order valence-electron chi connectivity index (χ3n) is 3.32. The molecule has 1 unspecified atom stereocenters. The molecular weight excluding hydrogens is 345 g/mol. The van der Waals surface area contributed by atoms with Crippen molar-refractivity contribution in [3.8, 4) is 0 Å². The lowest BCUT2D eigenvalue weighted by Gasteiger charge is -2.16. The summed E-state index contributed by atoms with van der Waals surface area (Å²) in [5, 5.41) is 16.4. The van der Waals surface area contributed by atoms with E-state index in [2.05, 4.69) is 10.6 Å². The molecule has 0 bridgehead atoms. The number of carbonyl (C=O) groups is 2. The van der Waals surface area contributed by atoms with Gasteiger partial charge in [0.25, 0.3) is 0 Å². The quantitative estimate of drug-likeness (QED) is 0.585. The first-order valence-corrected chi connectivity index (χ1v) is 8.62. The molecule has 0 spiro atoms. The van der Waals surface area contributed by atoms with Gasteiger partial charge in [0.05, 0.1) is 11.4 Å². The number of nitrogens with one attached hydrogen (secondary N) is 3. The number of benzene rings is 2. The number of amides is 2. The van der Waals surface area contributed by atoms with Gasteiger partial charge in [-0.1, -0.05) is 6.07 Å². The van der Waals surface area contributed by atoms with Crippen LogP contribution in [0.3, 0.4) is 0 Å². The molecule has 0 aliphatic carbocycles. The van der Waals surface area contributed by atoms with Crippen LogP contribution in [0.2, 0.25) is 0 Å². The predicted molar refractivity (Wildman–Crippen MR) is 97.2 cm³/mol. The number of hydrogen-bond donors (Lipinski definition) is 4. The molecule has 0 radical (unpaired) electrons. The van der Waals surface area contributed by atoms with Crippen LogP contribution >= 0.6 is 11.8 Å². The largest absolute Gasteiger partial charge is 0.465 e. The van der Waals surface area contributed by atoms with Crippen molar-refractivity contribution in [3.63, 3.8) is 0 Å². The molecule has 2 aromatic carbocycles. The van der Waals surface area contributed by atoms with Crippen molar-refractivity contribution in [1.29, 1.82) is 0 Å². The number of anilines is 3. The number of hydrogen-bond acceptors (Lipinski definition) is 4. The summed E-state index contributed by atoms with van der Waals surface area (Å²) in [5.41, 5.74) is 1.50. The Morgan fingerprint density at radius 3 is 2.60 bits per heavy atom. The standard InChI is InChI=1S/C17H18FN3O3S/c1-10(19-17(23)24)16(22)21-15-8-11(18)6-7-14(15)20-12-4-3-5-13(9-12)25-2/h3-10,19-20H,1-2H3,(H,21,22)(H,23,24). The minimum absolute atomic E-state index is 0.221. The molecule has 0 aromatic heterocycles. The third-order valence-corrected chi connectivity index (χ3v) is 4.05. The molecule has 0 saturated carbocycles. The highest BCUT2D eigenvalue weighted by Gasteiger charge is 2.17. The van der Waals surface area contributed by atoms with Crippen LogP contribution < -0.4 is 16.0 Å². The van der Waals surface area contributed by atoms with Crippen molar-refractivity contribution in [2.75, 3.05) is 16.9 Å². The Bertz CT molecular complexity index is 785. The Morgan fingerprint density at radius 2 is 1.92 bits per heavy atom. The van der Waals surface area contributed by atoms with E-state index in [0.717, 1.165) is 10.6 Å². The van der Waals surface area contributed by atoms with Gasteiger partial charge in [-0.05, 0) is 49.6 Å². The molecule has 2 amide bonds. The summed E-state index contributed by atoms with van der Waals surface area (Å²) in [4.78, 5) is 23.8. The molecule has 0 aliphatic rings. The van der Waals surface area contributed by atoms with Gasteiger partial charge in [-0.15, -0.1) is 11.8 Å². The van der Waals surface area contributed by atoms with Gasteiger partial charge in [0, 0.05) is 10.6 Å². The summed E-state index contributed by atoms with van der Waals surface area (Å²) in [5.74, 6) is -1.11. The molecule has 0 heterocycles. The van der Waals surface area contributed by atoms with Gasteiger partial charge in [-0.3, -0.25) is 4.79 Å². The summed E-state index contributed by atoms with van der Waals surface area (Å²) in [6.07, 6.45) is 0.647. The lowest BCUT2D eigenvalue weighted by molar-refractivity contribution is -0.117. The summed E-state index contributed by atoms with van der Waals surface area (Å²) >= 11 is 1.59. The van der Waals surface area contributed by atoms with Crippen LogP contribution in [-0.4, -0.2) is 29.4 Å². The van der Waals surface area contributed by atoms with Crippen LogP contribution in [0, 0.1) is 5.82 Å². The van der Waals surface area contributed by atoms with Crippen LogP contribution in [0.25, 0.3) is 0 Å². The molecule has 2 aromatic rings. The monoisotopic (exact) mass is 363 g/mol. The lowest BCUT2D eigenvalue weighted by Crippen LogP contribution is -2.40. The molecule has 132 valence electrons. The highest BCUT2D eigenvalue weighted by Crippen LogP contribution is 2.28. The summed E-state index contributed by atoms with van der Waals surface area (Å²) < 4.78 is 13.6. The van der Waals surface area contributed by atoms with Crippen LogP contribution in [0.5, 0.6) is 0 Å². The number of halogens is 1. The predicted octanol–water partition coefficient (Wildman–Crippen LogP) is 3.89. The topological polar surface area (TPSA) is 90.5 Å².